The number of alkyl halides is 2. The number of carbonyl (C=O) groups is 3. The standard InChI is InChI=1S/C22H34F2N2O5/c1-20(2,3)31-19(29)25-15(12-7-9-22(23,24)10-8-12)17(27)26-11-13-14(21(13,4)5)16(26)18(28)30-6/h12-16H,7-11H2,1-6H3,(H,25,29)/t13?,14-,15?,16-/m0/s1. The molecule has 0 aromatic heterocycles. The van der Waals surface area contributed by atoms with E-state index in [0.29, 0.717) is 6.54 Å². The molecule has 1 saturated heterocycles. The summed E-state index contributed by atoms with van der Waals surface area (Å²) in [7, 11) is 1.29. The molecule has 1 N–H and O–H groups in total. The van der Waals surface area contributed by atoms with E-state index in [9.17, 15) is 23.2 Å². The lowest BCUT2D eigenvalue weighted by atomic mass is 9.81. The summed E-state index contributed by atoms with van der Waals surface area (Å²) in [6.45, 7) is 9.60. The highest BCUT2D eigenvalue weighted by Gasteiger charge is 2.70. The molecule has 31 heavy (non-hydrogen) atoms. The Kier molecular flexibility index (Phi) is 6.04. The van der Waals surface area contributed by atoms with Crippen molar-refractivity contribution in [3.63, 3.8) is 0 Å². The van der Waals surface area contributed by atoms with Gasteiger partial charge in [-0.05, 0) is 50.9 Å². The average molecular weight is 445 g/mol. The smallest absolute Gasteiger partial charge is 0.408 e. The number of rotatable bonds is 4. The molecule has 9 heteroatoms. The van der Waals surface area contributed by atoms with E-state index >= 15 is 0 Å². The zero-order valence-corrected chi connectivity index (χ0v) is 19.2. The summed E-state index contributed by atoms with van der Waals surface area (Å²) in [6.07, 6.45) is -1.24. The van der Waals surface area contributed by atoms with E-state index in [4.69, 9.17) is 9.47 Å². The van der Waals surface area contributed by atoms with Gasteiger partial charge in [-0.3, -0.25) is 4.79 Å². The molecule has 2 unspecified atom stereocenters. The van der Waals surface area contributed by atoms with Crippen molar-refractivity contribution < 1.29 is 32.6 Å². The summed E-state index contributed by atoms with van der Waals surface area (Å²) in [6, 6.07) is -1.76. The number of fused-ring (bicyclic) bond motifs is 1. The van der Waals surface area contributed by atoms with Gasteiger partial charge in [0.2, 0.25) is 11.8 Å². The zero-order chi connectivity index (χ0) is 23.4. The van der Waals surface area contributed by atoms with Crippen LogP contribution in [-0.2, 0) is 19.1 Å². The molecule has 3 rings (SSSR count). The molecule has 0 radical (unpaired) electrons. The molecule has 2 aliphatic carbocycles. The van der Waals surface area contributed by atoms with Crippen molar-refractivity contribution in [2.75, 3.05) is 13.7 Å². The highest BCUT2D eigenvalue weighted by Crippen LogP contribution is 2.65. The highest BCUT2D eigenvalue weighted by atomic mass is 19.3. The molecule has 3 fully saturated rings. The van der Waals surface area contributed by atoms with Crippen LogP contribution in [0.15, 0.2) is 0 Å². The maximum Gasteiger partial charge on any atom is 0.408 e. The number of esters is 1. The van der Waals surface area contributed by atoms with Gasteiger partial charge in [0.05, 0.1) is 7.11 Å². The molecule has 0 aromatic carbocycles. The number of hydrogen-bond donors (Lipinski definition) is 1. The Hall–Kier alpha value is -1.93. The molecule has 0 aromatic rings. The van der Waals surface area contributed by atoms with Crippen LogP contribution in [0, 0.1) is 23.2 Å². The van der Waals surface area contributed by atoms with E-state index in [1.165, 1.54) is 12.0 Å². The van der Waals surface area contributed by atoms with Gasteiger partial charge >= 0.3 is 12.1 Å². The van der Waals surface area contributed by atoms with Gasteiger partial charge in [-0.15, -0.1) is 0 Å². The predicted octanol–water partition coefficient (Wildman–Crippen LogP) is 3.36. The molecule has 0 spiro atoms. The van der Waals surface area contributed by atoms with Crippen LogP contribution in [0.1, 0.15) is 60.3 Å². The van der Waals surface area contributed by atoms with Crippen molar-refractivity contribution in [3.8, 4) is 0 Å². The summed E-state index contributed by atoms with van der Waals surface area (Å²) in [5.74, 6) is -3.98. The Morgan fingerprint density at radius 2 is 1.71 bits per heavy atom. The number of hydrogen-bond acceptors (Lipinski definition) is 5. The van der Waals surface area contributed by atoms with E-state index in [1.807, 2.05) is 0 Å². The first-order chi connectivity index (χ1) is 14.2. The van der Waals surface area contributed by atoms with Crippen LogP contribution >= 0.6 is 0 Å². The fraction of sp³-hybridized carbons (Fsp3) is 0.864. The Labute approximate surface area is 182 Å². The lowest BCUT2D eigenvalue weighted by Crippen LogP contribution is -2.57. The third-order valence-corrected chi connectivity index (χ3v) is 7.11. The van der Waals surface area contributed by atoms with Gasteiger partial charge in [-0.25, -0.2) is 18.4 Å². The normalized spacial score (nSPS) is 30.2. The fourth-order valence-corrected chi connectivity index (χ4v) is 5.29. The van der Waals surface area contributed by atoms with E-state index < -0.39 is 47.5 Å². The van der Waals surface area contributed by atoms with Crippen molar-refractivity contribution in [1.82, 2.24) is 10.2 Å². The number of amides is 2. The molecule has 176 valence electrons. The number of nitrogens with one attached hydrogen (secondary N) is 1. The SMILES string of the molecule is COC(=O)[C@@H]1[C@@H]2C(CN1C(=O)C(NC(=O)OC(C)(C)C)C1CCC(F)(F)CC1)C2(C)C. The minimum Gasteiger partial charge on any atom is -0.467 e. The Bertz CT molecular complexity index is 739. The quantitative estimate of drug-likeness (QED) is 0.672. The molecular formula is C22H34F2N2O5. The Morgan fingerprint density at radius 1 is 1.13 bits per heavy atom. The molecule has 2 saturated carbocycles. The van der Waals surface area contributed by atoms with Gasteiger partial charge in [-0.1, -0.05) is 13.8 Å². The number of alkyl carbamates (subject to hydrolysis) is 1. The lowest BCUT2D eigenvalue weighted by Gasteiger charge is -2.37. The number of carbonyl (C=O) groups excluding carboxylic acids is 3. The Morgan fingerprint density at radius 3 is 2.23 bits per heavy atom. The van der Waals surface area contributed by atoms with Crippen molar-refractivity contribution >= 4 is 18.0 Å². The van der Waals surface area contributed by atoms with Crippen molar-refractivity contribution in [2.45, 2.75) is 83.9 Å². The third kappa shape index (κ3) is 4.80. The van der Waals surface area contributed by atoms with Crippen LogP contribution < -0.4 is 5.32 Å². The van der Waals surface area contributed by atoms with Gasteiger partial charge in [0, 0.05) is 25.3 Å². The van der Waals surface area contributed by atoms with Gasteiger partial charge in [0.1, 0.15) is 17.7 Å². The minimum atomic E-state index is -2.76. The summed E-state index contributed by atoms with van der Waals surface area (Å²) < 4.78 is 37.7. The predicted molar refractivity (Wildman–Crippen MR) is 108 cm³/mol. The third-order valence-electron chi connectivity index (χ3n) is 7.11. The summed E-state index contributed by atoms with van der Waals surface area (Å²) in [5, 5.41) is 2.63. The first-order valence-electron chi connectivity index (χ1n) is 10.9. The maximum absolute atomic E-state index is 13.7. The van der Waals surface area contributed by atoms with E-state index in [-0.39, 0.29) is 42.9 Å². The van der Waals surface area contributed by atoms with Gasteiger partial charge in [0.15, 0.2) is 0 Å². The number of methoxy groups -OCH3 is 1. The molecule has 1 heterocycles. The van der Waals surface area contributed by atoms with Gasteiger partial charge in [0.25, 0.3) is 0 Å². The topological polar surface area (TPSA) is 84.9 Å². The average Bonchev–Trinajstić information content (AvgIpc) is 3.00. The lowest BCUT2D eigenvalue weighted by molar-refractivity contribution is -0.154. The van der Waals surface area contributed by atoms with Crippen molar-refractivity contribution in [3.05, 3.63) is 0 Å². The monoisotopic (exact) mass is 444 g/mol. The fourth-order valence-electron chi connectivity index (χ4n) is 5.29. The van der Waals surface area contributed by atoms with E-state index in [2.05, 4.69) is 19.2 Å². The number of likely N-dealkylation sites (tertiary alicyclic amines) is 1. The van der Waals surface area contributed by atoms with Crippen LogP contribution in [0.3, 0.4) is 0 Å². The molecule has 1 aliphatic heterocycles. The van der Waals surface area contributed by atoms with Crippen LogP contribution in [0.25, 0.3) is 0 Å². The second kappa shape index (κ2) is 7.89. The van der Waals surface area contributed by atoms with Crippen LogP contribution in [0.5, 0.6) is 0 Å². The number of halogens is 2. The molecule has 4 atom stereocenters. The minimum absolute atomic E-state index is 0.0123. The molecule has 0 bridgehead atoms. The van der Waals surface area contributed by atoms with E-state index in [0.717, 1.165) is 0 Å². The second-order valence-electron chi connectivity index (χ2n) is 10.7. The largest absolute Gasteiger partial charge is 0.467 e. The van der Waals surface area contributed by atoms with Gasteiger partial charge < -0.3 is 19.7 Å². The van der Waals surface area contributed by atoms with Crippen molar-refractivity contribution in [1.29, 1.82) is 0 Å². The van der Waals surface area contributed by atoms with Crippen LogP contribution in [0.2, 0.25) is 0 Å². The van der Waals surface area contributed by atoms with Crippen molar-refractivity contribution in [2.24, 2.45) is 23.2 Å². The highest BCUT2D eigenvalue weighted by molar-refractivity contribution is 5.91. The maximum atomic E-state index is 13.7. The van der Waals surface area contributed by atoms with Crippen LogP contribution in [0.4, 0.5) is 13.6 Å². The first kappa shape index (κ1) is 23.7. The van der Waals surface area contributed by atoms with Gasteiger partial charge in [-0.2, -0.15) is 0 Å². The number of nitrogens with zero attached hydrogens (tertiary/aromatic N) is 1. The summed E-state index contributed by atoms with van der Waals surface area (Å²) in [4.78, 5) is 40.0. The zero-order valence-electron chi connectivity index (χ0n) is 19.2. The number of piperidine rings is 1. The summed E-state index contributed by atoms with van der Waals surface area (Å²) >= 11 is 0. The van der Waals surface area contributed by atoms with E-state index in [1.54, 1.807) is 20.8 Å². The molecule has 7 nitrogen and oxygen atoms in total. The number of ether oxygens (including phenoxy) is 2. The molecule has 3 aliphatic rings. The van der Waals surface area contributed by atoms with Crippen LogP contribution in [-0.4, -0.2) is 60.1 Å². The first-order valence-corrected chi connectivity index (χ1v) is 10.9. The Balaban J connectivity index is 1.81. The summed E-state index contributed by atoms with van der Waals surface area (Å²) in [5.41, 5.74) is -0.845. The molecule has 2 amide bonds. The molecular weight excluding hydrogens is 410 g/mol. The second-order valence-corrected chi connectivity index (χ2v) is 10.7.